The molecule has 0 unspecified atom stereocenters. The molecule has 0 heterocycles. The van der Waals surface area contributed by atoms with Crippen LogP contribution in [0, 0.1) is 5.41 Å². The molecule has 1 aliphatic rings. The van der Waals surface area contributed by atoms with E-state index in [4.69, 9.17) is 10.5 Å². The van der Waals surface area contributed by atoms with E-state index in [1.54, 1.807) is 24.3 Å². The lowest BCUT2D eigenvalue weighted by atomic mass is 10.00. The standard InChI is InChI=1S/C19H22BrNO3S/c1-2-24-13-19(12-21)17(14-8-10-15(20)11-9-14)18(19)25(22,23)16-6-4-3-5-7-16/h3-11,17-18H,2,12-13,21H2,1H3/t17-,18-,19-/m0/s1. The SMILES string of the molecule is CCOC[C@@]1(CN)[C@@H](c2ccc(Br)cc2)[C@@H]1S(=O)(=O)c1ccccc1. The van der Waals surface area contributed by atoms with Crippen LogP contribution in [-0.2, 0) is 14.6 Å². The van der Waals surface area contributed by atoms with Crippen molar-refractivity contribution in [2.45, 2.75) is 23.0 Å². The Morgan fingerprint density at radius 2 is 1.76 bits per heavy atom. The predicted octanol–water partition coefficient (Wildman–Crippen LogP) is 3.37. The molecule has 1 saturated carbocycles. The van der Waals surface area contributed by atoms with Gasteiger partial charge >= 0.3 is 0 Å². The highest BCUT2D eigenvalue weighted by molar-refractivity contribution is 9.10. The van der Waals surface area contributed by atoms with Crippen molar-refractivity contribution >= 4 is 25.8 Å². The zero-order valence-electron chi connectivity index (χ0n) is 14.1. The molecule has 2 aromatic rings. The van der Waals surface area contributed by atoms with Crippen LogP contribution in [0.4, 0.5) is 0 Å². The molecule has 2 aromatic carbocycles. The summed E-state index contributed by atoms with van der Waals surface area (Å²) >= 11 is 3.43. The maximum atomic E-state index is 13.3. The summed E-state index contributed by atoms with van der Waals surface area (Å²) in [5, 5.41) is -0.569. The van der Waals surface area contributed by atoms with Gasteiger partial charge in [0.1, 0.15) is 0 Å². The van der Waals surface area contributed by atoms with E-state index in [1.807, 2.05) is 37.3 Å². The molecule has 0 spiro atoms. The van der Waals surface area contributed by atoms with E-state index in [-0.39, 0.29) is 12.5 Å². The molecular formula is C19H22BrNO3S. The summed E-state index contributed by atoms with van der Waals surface area (Å²) in [7, 11) is -3.50. The minimum atomic E-state index is -3.50. The normalized spacial score (nSPS) is 25.7. The fraction of sp³-hybridized carbons (Fsp3) is 0.368. The van der Waals surface area contributed by atoms with Crippen molar-refractivity contribution in [3.05, 3.63) is 64.6 Å². The zero-order chi connectivity index (χ0) is 18.1. The van der Waals surface area contributed by atoms with Gasteiger partial charge in [-0.25, -0.2) is 8.42 Å². The van der Waals surface area contributed by atoms with Gasteiger partial charge in [-0.1, -0.05) is 46.3 Å². The fourth-order valence-electron chi connectivity index (χ4n) is 3.64. The Bertz CT molecular complexity index is 824. The van der Waals surface area contributed by atoms with Crippen LogP contribution in [0.3, 0.4) is 0 Å². The van der Waals surface area contributed by atoms with E-state index >= 15 is 0 Å². The fourth-order valence-corrected chi connectivity index (χ4v) is 6.37. The van der Waals surface area contributed by atoms with Crippen molar-refractivity contribution < 1.29 is 13.2 Å². The number of benzene rings is 2. The highest BCUT2D eigenvalue weighted by atomic mass is 79.9. The second-order valence-electron chi connectivity index (χ2n) is 6.38. The summed E-state index contributed by atoms with van der Waals surface area (Å²) in [6.45, 7) is 3.05. The first-order valence-electron chi connectivity index (χ1n) is 8.29. The summed E-state index contributed by atoms with van der Waals surface area (Å²) < 4.78 is 33.1. The molecule has 3 atom stereocenters. The lowest BCUT2D eigenvalue weighted by Gasteiger charge is -2.16. The lowest BCUT2D eigenvalue weighted by molar-refractivity contribution is 0.101. The number of hydrogen-bond donors (Lipinski definition) is 1. The van der Waals surface area contributed by atoms with Gasteiger partial charge in [-0.3, -0.25) is 0 Å². The monoisotopic (exact) mass is 423 g/mol. The topological polar surface area (TPSA) is 69.4 Å². The minimum absolute atomic E-state index is 0.164. The number of nitrogens with two attached hydrogens (primary N) is 1. The molecule has 134 valence electrons. The van der Waals surface area contributed by atoms with Crippen LogP contribution in [0.15, 0.2) is 64.0 Å². The Morgan fingerprint density at radius 1 is 1.12 bits per heavy atom. The van der Waals surface area contributed by atoms with Crippen LogP contribution in [0.1, 0.15) is 18.4 Å². The van der Waals surface area contributed by atoms with Crippen molar-refractivity contribution in [2.75, 3.05) is 19.8 Å². The summed E-state index contributed by atoms with van der Waals surface area (Å²) in [4.78, 5) is 0.342. The summed E-state index contributed by atoms with van der Waals surface area (Å²) in [6, 6.07) is 16.4. The molecule has 0 saturated heterocycles. The predicted molar refractivity (Wildman–Crippen MR) is 102 cm³/mol. The molecule has 2 N–H and O–H groups in total. The van der Waals surface area contributed by atoms with Crippen LogP contribution < -0.4 is 5.73 Å². The van der Waals surface area contributed by atoms with Crippen molar-refractivity contribution in [3.8, 4) is 0 Å². The lowest BCUT2D eigenvalue weighted by Crippen LogP contribution is -2.29. The van der Waals surface area contributed by atoms with E-state index in [0.29, 0.717) is 18.1 Å². The molecule has 0 aromatic heterocycles. The highest BCUT2D eigenvalue weighted by Crippen LogP contribution is 2.63. The number of sulfone groups is 1. The Balaban J connectivity index is 2.04. The third-order valence-corrected chi connectivity index (χ3v) is 7.84. The average molecular weight is 424 g/mol. The van der Waals surface area contributed by atoms with Gasteiger partial charge in [-0.05, 0) is 36.8 Å². The van der Waals surface area contributed by atoms with Gasteiger partial charge in [0.2, 0.25) is 0 Å². The first-order valence-corrected chi connectivity index (χ1v) is 10.6. The van der Waals surface area contributed by atoms with Gasteiger partial charge < -0.3 is 10.5 Å². The molecule has 0 amide bonds. The molecule has 0 bridgehead atoms. The molecule has 4 nitrogen and oxygen atoms in total. The van der Waals surface area contributed by atoms with Crippen molar-refractivity contribution in [1.82, 2.24) is 0 Å². The molecule has 3 rings (SSSR count). The molecule has 0 aliphatic heterocycles. The van der Waals surface area contributed by atoms with Crippen LogP contribution in [0.2, 0.25) is 0 Å². The zero-order valence-corrected chi connectivity index (χ0v) is 16.5. The number of halogens is 1. The van der Waals surface area contributed by atoms with Crippen molar-refractivity contribution in [1.29, 1.82) is 0 Å². The van der Waals surface area contributed by atoms with Crippen molar-refractivity contribution in [2.24, 2.45) is 11.1 Å². The highest BCUT2D eigenvalue weighted by Gasteiger charge is 2.70. The summed E-state index contributed by atoms with van der Waals surface area (Å²) in [6.07, 6.45) is 0. The maximum Gasteiger partial charge on any atom is 0.182 e. The van der Waals surface area contributed by atoms with Gasteiger partial charge in [0.15, 0.2) is 9.84 Å². The molecule has 1 fully saturated rings. The summed E-state index contributed by atoms with van der Waals surface area (Å²) in [5.74, 6) is -0.164. The van der Waals surface area contributed by atoms with Crippen molar-refractivity contribution in [3.63, 3.8) is 0 Å². The molecular weight excluding hydrogens is 402 g/mol. The van der Waals surface area contributed by atoms with Crippen LogP contribution in [-0.4, -0.2) is 33.4 Å². The third kappa shape index (κ3) is 3.28. The molecule has 6 heteroatoms. The minimum Gasteiger partial charge on any atom is -0.381 e. The van der Waals surface area contributed by atoms with E-state index < -0.39 is 20.5 Å². The first-order chi connectivity index (χ1) is 12.0. The Kier molecular flexibility index (Phi) is 5.34. The quantitative estimate of drug-likeness (QED) is 0.740. The molecule has 0 radical (unpaired) electrons. The Morgan fingerprint density at radius 3 is 2.32 bits per heavy atom. The number of rotatable bonds is 7. The van der Waals surface area contributed by atoms with E-state index in [9.17, 15) is 8.42 Å². The van der Waals surface area contributed by atoms with E-state index in [0.717, 1.165) is 10.0 Å². The van der Waals surface area contributed by atoms with Gasteiger partial charge in [0.05, 0.1) is 16.8 Å². The van der Waals surface area contributed by atoms with Gasteiger partial charge in [-0.15, -0.1) is 0 Å². The first kappa shape index (κ1) is 18.6. The van der Waals surface area contributed by atoms with Crippen LogP contribution >= 0.6 is 15.9 Å². The summed E-state index contributed by atoms with van der Waals surface area (Å²) in [5.41, 5.74) is 6.48. The van der Waals surface area contributed by atoms with Gasteiger partial charge in [0.25, 0.3) is 0 Å². The second-order valence-corrected chi connectivity index (χ2v) is 9.37. The van der Waals surface area contributed by atoms with Gasteiger partial charge in [0, 0.05) is 29.0 Å². The third-order valence-electron chi connectivity index (χ3n) is 4.97. The molecule has 25 heavy (non-hydrogen) atoms. The maximum absolute atomic E-state index is 13.3. The van der Waals surface area contributed by atoms with E-state index in [1.165, 1.54) is 0 Å². The average Bonchev–Trinajstić information content (AvgIpc) is 3.31. The van der Waals surface area contributed by atoms with E-state index in [2.05, 4.69) is 15.9 Å². The second kappa shape index (κ2) is 7.19. The Labute approximate surface area is 157 Å². The Hall–Kier alpha value is -1.21. The number of hydrogen-bond acceptors (Lipinski definition) is 4. The largest absolute Gasteiger partial charge is 0.381 e. The smallest absolute Gasteiger partial charge is 0.182 e. The van der Waals surface area contributed by atoms with Crippen LogP contribution in [0.25, 0.3) is 0 Å². The van der Waals surface area contributed by atoms with Crippen LogP contribution in [0.5, 0.6) is 0 Å². The molecule has 1 aliphatic carbocycles. The van der Waals surface area contributed by atoms with Gasteiger partial charge in [-0.2, -0.15) is 0 Å². The number of ether oxygens (including phenoxy) is 1.